The topological polar surface area (TPSA) is 54.2 Å². The first-order chi connectivity index (χ1) is 11.8. The Morgan fingerprint density at radius 3 is 2.65 bits per heavy atom. The summed E-state index contributed by atoms with van der Waals surface area (Å²) in [6.07, 6.45) is -0.635. The maximum atomic E-state index is 12.8. The third-order valence-electron chi connectivity index (χ3n) is 3.69. The van der Waals surface area contributed by atoms with Crippen LogP contribution in [-0.4, -0.2) is 29.3 Å². The van der Waals surface area contributed by atoms with Gasteiger partial charge in [-0.05, 0) is 37.1 Å². The molecule has 1 aromatic heterocycles. The predicted octanol–water partition coefficient (Wildman–Crippen LogP) is 3.75. The van der Waals surface area contributed by atoms with Gasteiger partial charge in [0.1, 0.15) is 0 Å². The summed E-state index contributed by atoms with van der Waals surface area (Å²) < 4.78 is 40.3. The number of alkyl halides is 3. The van der Waals surface area contributed by atoms with Gasteiger partial charge in [-0.3, -0.25) is 9.67 Å². The molecule has 5 nitrogen and oxygen atoms in total. The molecule has 0 radical (unpaired) electrons. The van der Waals surface area contributed by atoms with Crippen LogP contribution >= 0.6 is 24.0 Å². The second-order valence-corrected chi connectivity index (χ2v) is 5.77. The van der Waals surface area contributed by atoms with Crippen molar-refractivity contribution in [3.05, 3.63) is 53.3 Å². The molecule has 1 aromatic carbocycles. The molecule has 1 heterocycles. The Morgan fingerprint density at radius 1 is 1.35 bits per heavy atom. The van der Waals surface area contributed by atoms with Crippen molar-refractivity contribution in [3.8, 4) is 0 Å². The fourth-order valence-electron chi connectivity index (χ4n) is 2.35. The Kier molecular flexibility index (Phi) is 8.38. The van der Waals surface area contributed by atoms with Crippen LogP contribution in [0.15, 0.2) is 41.7 Å². The molecule has 9 heteroatoms. The smallest absolute Gasteiger partial charge is 0.355 e. The van der Waals surface area contributed by atoms with E-state index in [-0.39, 0.29) is 30.0 Å². The van der Waals surface area contributed by atoms with E-state index in [9.17, 15) is 13.2 Å². The Balaban J connectivity index is 0.00000338. The van der Waals surface area contributed by atoms with Crippen LogP contribution in [0.4, 0.5) is 13.2 Å². The zero-order valence-electron chi connectivity index (χ0n) is 14.8. The van der Waals surface area contributed by atoms with E-state index in [1.165, 1.54) is 6.07 Å². The van der Waals surface area contributed by atoms with Crippen molar-refractivity contribution in [1.29, 1.82) is 0 Å². The molecule has 1 unspecified atom stereocenters. The van der Waals surface area contributed by atoms with Gasteiger partial charge in [0.25, 0.3) is 0 Å². The Morgan fingerprint density at radius 2 is 2.08 bits per heavy atom. The van der Waals surface area contributed by atoms with Crippen molar-refractivity contribution in [2.24, 2.45) is 4.99 Å². The molecule has 0 fully saturated rings. The van der Waals surface area contributed by atoms with Gasteiger partial charge in [-0.15, -0.1) is 24.0 Å². The average Bonchev–Trinajstić information content (AvgIpc) is 2.98. The highest BCUT2D eigenvalue weighted by atomic mass is 127. The number of halogens is 4. The molecule has 0 aliphatic carbocycles. The van der Waals surface area contributed by atoms with Gasteiger partial charge in [0.2, 0.25) is 0 Å². The van der Waals surface area contributed by atoms with Gasteiger partial charge >= 0.3 is 6.18 Å². The summed E-state index contributed by atoms with van der Waals surface area (Å²) in [5.41, 5.74) is 0.969. The van der Waals surface area contributed by atoms with E-state index in [0.29, 0.717) is 24.6 Å². The van der Waals surface area contributed by atoms with Crippen LogP contribution in [0, 0.1) is 6.92 Å². The summed E-state index contributed by atoms with van der Waals surface area (Å²) in [6, 6.07) is 4.96. The zero-order valence-corrected chi connectivity index (χ0v) is 17.2. The molecule has 1 atom stereocenters. The first-order valence-electron chi connectivity index (χ1n) is 7.93. The van der Waals surface area contributed by atoms with Crippen LogP contribution < -0.4 is 10.6 Å². The number of nitrogens with zero attached hydrogens (tertiary/aromatic N) is 3. The molecule has 0 amide bonds. The Hall–Kier alpha value is -1.78. The predicted molar refractivity (Wildman–Crippen MR) is 107 cm³/mol. The Bertz CT molecular complexity index is 727. The van der Waals surface area contributed by atoms with E-state index < -0.39 is 11.7 Å². The molecular weight excluding hydrogens is 458 g/mol. The molecule has 0 saturated heterocycles. The number of aliphatic imine (C=N–C) groups is 1. The number of aromatic nitrogens is 2. The minimum Gasteiger partial charge on any atom is -0.355 e. The van der Waals surface area contributed by atoms with Crippen LogP contribution in [0.5, 0.6) is 0 Å². The number of guanidine groups is 1. The maximum Gasteiger partial charge on any atom is 0.416 e. The molecule has 2 rings (SSSR count). The standard InChI is InChI=1S/C17H22F3N5.HI/c1-12-10-23-25(11-12)8-7-22-16(21-3)24-13(2)14-5-4-6-15(9-14)17(18,19)20;/h4-6,9-11,13H,7-8H2,1-3H3,(H2,21,22,24);1H. The van der Waals surface area contributed by atoms with Crippen LogP contribution in [0.25, 0.3) is 0 Å². The summed E-state index contributed by atoms with van der Waals surface area (Å²) in [5, 5.41) is 10.4. The highest BCUT2D eigenvalue weighted by Crippen LogP contribution is 2.30. The first kappa shape index (κ1) is 22.3. The van der Waals surface area contributed by atoms with Crippen LogP contribution in [0.3, 0.4) is 0 Å². The summed E-state index contributed by atoms with van der Waals surface area (Å²) in [7, 11) is 1.62. The number of hydrogen-bond donors (Lipinski definition) is 2. The van der Waals surface area contributed by atoms with E-state index in [0.717, 1.165) is 17.7 Å². The van der Waals surface area contributed by atoms with Gasteiger partial charge < -0.3 is 10.6 Å². The zero-order chi connectivity index (χ0) is 18.4. The van der Waals surface area contributed by atoms with Crippen LogP contribution in [-0.2, 0) is 12.7 Å². The largest absolute Gasteiger partial charge is 0.416 e. The van der Waals surface area contributed by atoms with Crippen molar-refractivity contribution in [1.82, 2.24) is 20.4 Å². The lowest BCUT2D eigenvalue weighted by Crippen LogP contribution is -2.40. The van der Waals surface area contributed by atoms with Crippen molar-refractivity contribution >= 4 is 29.9 Å². The Labute approximate surface area is 168 Å². The maximum absolute atomic E-state index is 12.8. The van der Waals surface area contributed by atoms with Crippen molar-refractivity contribution in [2.75, 3.05) is 13.6 Å². The molecular formula is C17H23F3IN5. The second kappa shape index (κ2) is 9.79. The second-order valence-electron chi connectivity index (χ2n) is 5.77. The minimum atomic E-state index is -4.35. The van der Waals surface area contributed by atoms with E-state index in [1.54, 1.807) is 26.2 Å². The summed E-state index contributed by atoms with van der Waals surface area (Å²) in [5.74, 6) is 0.522. The average molecular weight is 481 g/mol. The number of rotatable bonds is 5. The molecule has 0 spiro atoms. The van der Waals surface area contributed by atoms with Crippen molar-refractivity contribution in [3.63, 3.8) is 0 Å². The van der Waals surface area contributed by atoms with Gasteiger partial charge in [0.05, 0.1) is 24.3 Å². The summed E-state index contributed by atoms with van der Waals surface area (Å²) >= 11 is 0. The van der Waals surface area contributed by atoms with Crippen molar-refractivity contribution < 1.29 is 13.2 Å². The monoisotopic (exact) mass is 481 g/mol. The molecule has 0 bridgehead atoms. The molecule has 2 N–H and O–H groups in total. The molecule has 0 aliphatic heterocycles. The minimum absolute atomic E-state index is 0. The van der Waals surface area contributed by atoms with Crippen molar-refractivity contribution in [2.45, 2.75) is 32.6 Å². The van der Waals surface area contributed by atoms with E-state index >= 15 is 0 Å². The van der Waals surface area contributed by atoms with Crippen LogP contribution in [0.1, 0.15) is 29.7 Å². The van der Waals surface area contributed by atoms with Gasteiger partial charge in [0, 0.05) is 19.8 Å². The number of nitrogens with one attached hydrogen (secondary N) is 2. The summed E-state index contributed by atoms with van der Waals surface area (Å²) in [4.78, 5) is 4.10. The van der Waals surface area contributed by atoms with Gasteiger partial charge in [-0.1, -0.05) is 12.1 Å². The van der Waals surface area contributed by atoms with Gasteiger partial charge in [-0.25, -0.2) is 0 Å². The van der Waals surface area contributed by atoms with Gasteiger partial charge in [-0.2, -0.15) is 18.3 Å². The number of aryl methyl sites for hydroxylation is 1. The SMILES string of the molecule is CN=C(NCCn1cc(C)cn1)NC(C)c1cccc(C(F)(F)F)c1.I. The third-order valence-corrected chi connectivity index (χ3v) is 3.69. The lowest BCUT2D eigenvalue weighted by molar-refractivity contribution is -0.137. The fraction of sp³-hybridized carbons (Fsp3) is 0.412. The van der Waals surface area contributed by atoms with Crippen LogP contribution in [0.2, 0.25) is 0 Å². The molecule has 0 saturated carbocycles. The first-order valence-corrected chi connectivity index (χ1v) is 7.93. The molecule has 144 valence electrons. The van der Waals surface area contributed by atoms with E-state index in [2.05, 4.69) is 20.7 Å². The quantitative estimate of drug-likeness (QED) is 0.389. The lowest BCUT2D eigenvalue weighted by atomic mass is 10.1. The molecule has 2 aromatic rings. The highest BCUT2D eigenvalue weighted by Gasteiger charge is 2.30. The highest BCUT2D eigenvalue weighted by molar-refractivity contribution is 14.0. The third kappa shape index (κ3) is 6.50. The number of hydrogen-bond acceptors (Lipinski definition) is 2. The van der Waals surface area contributed by atoms with E-state index in [4.69, 9.17) is 0 Å². The lowest BCUT2D eigenvalue weighted by Gasteiger charge is -2.19. The van der Waals surface area contributed by atoms with E-state index in [1.807, 2.05) is 17.8 Å². The molecule has 0 aliphatic rings. The fourth-order valence-corrected chi connectivity index (χ4v) is 2.35. The molecule has 26 heavy (non-hydrogen) atoms. The van der Waals surface area contributed by atoms with Gasteiger partial charge in [0.15, 0.2) is 5.96 Å². The normalized spacial score (nSPS) is 13.1. The summed E-state index contributed by atoms with van der Waals surface area (Å²) in [6.45, 7) is 5.01. The number of benzene rings is 1.